The van der Waals surface area contributed by atoms with Crippen LogP contribution in [-0.4, -0.2) is 35.3 Å². The van der Waals surface area contributed by atoms with Crippen molar-refractivity contribution in [2.45, 2.75) is 37.8 Å². The minimum absolute atomic E-state index is 0.00146. The number of hydrogen-bond donors (Lipinski definition) is 1. The van der Waals surface area contributed by atoms with Gasteiger partial charge in [0.25, 0.3) is 0 Å². The van der Waals surface area contributed by atoms with Gasteiger partial charge in [0, 0.05) is 31.5 Å². The van der Waals surface area contributed by atoms with Crippen molar-refractivity contribution in [3.8, 4) is 0 Å². The first-order chi connectivity index (χ1) is 13.2. The first-order valence-electron chi connectivity index (χ1n) is 9.43. The molecule has 1 fully saturated rings. The zero-order chi connectivity index (χ0) is 19.1. The van der Waals surface area contributed by atoms with Crippen LogP contribution in [0.3, 0.4) is 0 Å². The Hall–Kier alpha value is -2.88. The maximum atomic E-state index is 13.0. The molecule has 2 aromatic carbocycles. The molecule has 140 valence electrons. The number of nitrogens with zero attached hydrogens (tertiary/aromatic N) is 1. The van der Waals surface area contributed by atoms with E-state index < -0.39 is 0 Å². The number of carbonyl (C=O) groups is 2. The molecule has 1 saturated heterocycles. The molecule has 4 heteroatoms. The molecule has 2 atom stereocenters. The molecule has 0 unspecified atom stereocenters. The van der Waals surface area contributed by atoms with Gasteiger partial charge >= 0.3 is 0 Å². The van der Waals surface area contributed by atoms with Gasteiger partial charge < -0.3 is 10.2 Å². The molecule has 0 aromatic heterocycles. The van der Waals surface area contributed by atoms with E-state index in [0.29, 0.717) is 32.2 Å². The molecule has 3 rings (SSSR count). The molecule has 0 radical (unpaired) electrons. The van der Waals surface area contributed by atoms with E-state index >= 15 is 0 Å². The van der Waals surface area contributed by atoms with Crippen LogP contribution in [-0.2, 0) is 22.4 Å². The minimum Gasteiger partial charge on any atom is -0.352 e. The van der Waals surface area contributed by atoms with Crippen molar-refractivity contribution in [1.82, 2.24) is 10.2 Å². The Morgan fingerprint density at radius 2 is 1.52 bits per heavy atom. The topological polar surface area (TPSA) is 49.4 Å². The first kappa shape index (κ1) is 18.9. The van der Waals surface area contributed by atoms with Crippen molar-refractivity contribution in [2.75, 3.05) is 6.54 Å². The second-order valence-corrected chi connectivity index (χ2v) is 7.04. The standard InChI is InChI=1S/C23H26N2O2/c1-2-13-25-21(15-19-11-7-4-8-12-19)17-22(26)24-20(16-23(25)27)14-18-9-5-3-6-10-18/h2-12,20-21H,1,13-17H2,(H,24,26)/t20-,21-/m0/s1. The van der Waals surface area contributed by atoms with Gasteiger partial charge in [-0.25, -0.2) is 0 Å². The van der Waals surface area contributed by atoms with Crippen LogP contribution in [0.4, 0.5) is 0 Å². The highest BCUT2D eigenvalue weighted by atomic mass is 16.2. The Kier molecular flexibility index (Phi) is 6.42. The number of benzene rings is 2. The summed E-state index contributed by atoms with van der Waals surface area (Å²) in [6.07, 6.45) is 3.67. The average molecular weight is 362 g/mol. The van der Waals surface area contributed by atoms with Crippen molar-refractivity contribution in [3.63, 3.8) is 0 Å². The molecule has 2 aromatic rings. The number of nitrogens with one attached hydrogen (secondary N) is 1. The van der Waals surface area contributed by atoms with Crippen LogP contribution in [0.15, 0.2) is 73.3 Å². The van der Waals surface area contributed by atoms with Gasteiger partial charge in [0.2, 0.25) is 11.8 Å². The smallest absolute Gasteiger partial charge is 0.225 e. The second kappa shape index (κ2) is 9.17. The molecular weight excluding hydrogens is 336 g/mol. The lowest BCUT2D eigenvalue weighted by Gasteiger charge is -2.35. The molecular formula is C23H26N2O2. The van der Waals surface area contributed by atoms with Crippen LogP contribution in [0.2, 0.25) is 0 Å². The van der Waals surface area contributed by atoms with Crippen LogP contribution in [0.5, 0.6) is 0 Å². The summed E-state index contributed by atoms with van der Waals surface area (Å²) in [6, 6.07) is 19.6. The van der Waals surface area contributed by atoms with E-state index in [1.165, 1.54) is 0 Å². The lowest BCUT2D eigenvalue weighted by Crippen LogP contribution is -2.51. The second-order valence-electron chi connectivity index (χ2n) is 7.04. The third-order valence-corrected chi connectivity index (χ3v) is 4.93. The molecule has 27 heavy (non-hydrogen) atoms. The normalized spacial score (nSPS) is 20.5. The van der Waals surface area contributed by atoms with Gasteiger partial charge in [-0.15, -0.1) is 6.58 Å². The Labute approximate surface area is 160 Å². The van der Waals surface area contributed by atoms with Crippen LogP contribution in [0.25, 0.3) is 0 Å². The fourth-order valence-corrected chi connectivity index (χ4v) is 3.67. The Morgan fingerprint density at radius 3 is 2.11 bits per heavy atom. The average Bonchev–Trinajstić information content (AvgIpc) is 2.66. The molecule has 0 saturated carbocycles. The van der Waals surface area contributed by atoms with Gasteiger partial charge in [-0.1, -0.05) is 66.7 Å². The first-order valence-corrected chi connectivity index (χ1v) is 9.43. The van der Waals surface area contributed by atoms with Gasteiger partial charge in [0.1, 0.15) is 0 Å². The van der Waals surface area contributed by atoms with Crippen molar-refractivity contribution in [3.05, 3.63) is 84.4 Å². The number of amides is 2. The zero-order valence-electron chi connectivity index (χ0n) is 15.5. The summed E-state index contributed by atoms with van der Waals surface area (Å²) in [7, 11) is 0. The fraction of sp³-hybridized carbons (Fsp3) is 0.304. The largest absolute Gasteiger partial charge is 0.352 e. The fourth-order valence-electron chi connectivity index (χ4n) is 3.67. The molecule has 2 amide bonds. The molecule has 0 aliphatic carbocycles. The summed E-state index contributed by atoms with van der Waals surface area (Å²) >= 11 is 0. The zero-order valence-corrected chi connectivity index (χ0v) is 15.5. The SMILES string of the molecule is C=CCN1C(=O)C[C@H](Cc2ccccc2)NC(=O)C[C@@H]1Cc1ccccc1. The van der Waals surface area contributed by atoms with Gasteiger partial charge in [0.05, 0.1) is 0 Å². The summed E-state index contributed by atoms with van der Waals surface area (Å²) in [6.45, 7) is 4.26. The van der Waals surface area contributed by atoms with Gasteiger partial charge in [-0.05, 0) is 24.0 Å². The highest BCUT2D eigenvalue weighted by Crippen LogP contribution is 2.18. The van der Waals surface area contributed by atoms with E-state index in [2.05, 4.69) is 11.9 Å². The predicted molar refractivity (Wildman–Crippen MR) is 107 cm³/mol. The lowest BCUT2D eigenvalue weighted by atomic mass is 9.96. The highest BCUT2D eigenvalue weighted by molar-refractivity contribution is 5.83. The van der Waals surface area contributed by atoms with Crippen LogP contribution in [0, 0.1) is 0 Å². The van der Waals surface area contributed by atoms with Crippen molar-refractivity contribution < 1.29 is 9.59 Å². The van der Waals surface area contributed by atoms with E-state index in [9.17, 15) is 9.59 Å². The summed E-state index contributed by atoms with van der Waals surface area (Å²) in [5.74, 6) is 0.0650. The van der Waals surface area contributed by atoms with Gasteiger partial charge in [0.15, 0.2) is 0 Å². The van der Waals surface area contributed by atoms with Crippen molar-refractivity contribution in [1.29, 1.82) is 0 Å². The third-order valence-electron chi connectivity index (χ3n) is 4.93. The van der Waals surface area contributed by atoms with Crippen LogP contribution < -0.4 is 5.32 Å². The molecule has 4 nitrogen and oxygen atoms in total. The molecule has 1 N–H and O–H groups in total. The van der Waals surface area contributed by atoms with E-state index in [1.54, 1.807) is 6.08 Å². The number of carbonyl (C=O) groups excluding carboxylic acids is 2. The molecule has 0 spiro atoms. The Balaban J connectivity index is 1.76. The monoisotopic (exact) mass is 362 g/mol. The van der Waals surface area contributed by atoms with E-state index in [4.69, 9.17) is 0 Å². The van der Waals surface area contributed by atoms with Crippen molar-refractivity contribution in [2.24, 2.45) is 0 Å². The molecule has 1 heterocycles. The molecule has 1 aliphatic heterocycles. The third kappa shape index (κ3) is 5.30. The summed E-state index contributed by atoms with van der Waals surface area (Å²) in [5, 5.41) is 3.06. The summed E-state index contributed by atoms with van der Waals surface area (Å²) < 4.78 is 0. The molecule has 1 aliphatic rings. The molecule has 0 bridgehead atoms. The maximum absolute atomic E-state index is 13.0. The lowest BCUT2D eigenvalue weighted by molar-refractivity contribution is -0.137. The van der Waals surface area contributed by atoms with Gasteiger partial charge in [-0.2, -0.15) is 0 Å². The predicted octanol–water partition coefficient (Wildman–Crippen LogP) is 3.13. The Morgan fingerprint density at radius 1 is 0.926 bits per heavy atom. The van der Waals surface area contributed by atoms with E-state index in [0.717, 1.165) is 11.1 Å². The van der Waals surface area contributed by atoms with E-state index in [1.807, 2.05) is 65.6 Å². The van der Waals surface area contributed by atoms with Crippen LogP contribution in [0.1, 0.15) is 24.0 Å². The van der Waals surface area contributed by atoms with Crippen molar-refractivity contribution >= 4 is 11.8 Å². The quantitative estimate of drug-likeness (QED) is 0.803. The minimum atomic E-state index is -0.183. The van der Waals surface area contributed by atoms with Gasteiger partial charge in [-0.3, -0.25) is 9.59 Å². The highest BCUT2D eigenvalue weighted by Gasteiger charge is 2.31. The van der Waals surface area contributed by atoms with E-state index in [-0.39, 0.29) is 23.9 Å². The summed E-state index contributed by atoms with van der Waals surface area (Å²) in [4.78, 5) is 27.4. The van der Waals surface area contributed by atoms with Crippen LogP contribution >= 0.6 is 0 Å². The number of rotatable bonds is 6. The maximum Gasteiger partial charge on any atom is 0.225 e. The summed E-state index contributed by atoms with van der Waals surface area (Å²) in [5.41, 5.74) is 2.24. The Bertz CT molecular complexity index is 773. The number of hydrogen-bond acceptors (Lipinski definition) is 2.